The fraction of sp³-hybridized carbons (Fsp3) is 0.385. The molecule has 0 spiro atoms. The van der Waals surface area contributed by atoms with Crippen LogP contribution in [0.5, 0.6) is 5.75 Å². The van der Waals surface area contributed by atoms with E-state index < -0.39 is 17.9 Å². The van der Waals surface area contributed by atoms with E-state index in [4.69, 9.17) is 9.47 Å². The predicted octanol–water partition coefficient (Wildman–Crippen LogP) is 1.51. The predicted molar refractivity (Wildman–Crippen MR) is 64.4 cm³/mol. The first-order valence-electron chi connectivity index (χ1n) is 5.41. The Kier molecular flexibility index (Phi) is 5.17. The summed E-state index contributed by atoms with van der Waals surface area (Å²) in [6, 6.07) is 6.90. The molecule has 0 aromatic heterocycles. The summed E-state index contributed by atoms with van der Waals surface area (Å²) in [7, 11) is 4.13. The van der Waals surface area contributed by atoms with Crippen molar-refractivity contribution < 1.29 is 23.8 Å². The van der Waals surface area contributed by atoms with Gasteiger partial charge in [-0.2, -0.15) is 0 Å². The van der Waals surface area contributed by atoms with Crippen LogP contribution in [0, 0.1) is 0 Å². The quantitative estimate of drug-likeness (QED) is 0.743. The second-order valence-corrected chi connectivity index (χ2v) is 3.63. The van der Waals surface area contributed by atoms with Gasteiger partial charge in [-0.25, -0.2) is 0 Å². The Morgan fingerprint density at radius 3 is 2.11 bits per heavy atom. The van der Waals surface area contributed by atoms with Crippen LogP contribution in [0.4, 0.5) is 0 Å². The van der Waals surface area contributed by atoms with Gasteiger partial charge in [-0.3, -0.25) is 9.59 Å². The number of esters is 2. The van der Waals surface area contributed by atoms with Gasteiger partial charge >= 0.3 is 11.9 Å². The van der Waals surface area contributed by atoms with Gasteiger partial charge in [0.25, 0.3) is 0 Å². The smallest absolute Gasteiger partial charge is 0.313 e. The molecular formula is C13H16O5. The highest BCUT2D eigenvalue weighted by molar-refractivity contribution is 5.84. The summed E-state index contributed by atoms with van der Waals surface area (Å²) in [5.41, 5.74) is 0.688. The lowest BCUT2D eigenvalue weighted by Gasteiger charge is -2.14. The molecule has 0 N–H and O–H groups in total. The molecule has 98 valence electrons. The van der Waals surface area contributed by atoms with Gasteiger partial charge in [0.1, 0.15) is 5.75 Å². The summed E-state index contributed by atoms with van der Waals surface area (Å²) in [6.45, 7) is 0. The fourth-order valence-electron chi connectivity index (χ4n) is 1.57. The molecule has 0 amide bonds. The van der Waals surface area contributed by atoms with Crippen molar-refractivity contribution in [2.75, 3.05) is 21.3 Å². The number of methoxy groups -OCH3 is 3. The zero-order valence-electron chi connectivity index (χ0n) is 10.6. The summed E-state index contributed by atoms with van der Waals surface area (Å²) < 4.78 is 14.3. The third-order valence-electron chi connectivity index (χ3n) is 2.60. The molecule has 5 heteroatoms. The second kappa shape index (κ2) is 6.64. The van der Waals surface area contributed by atoms with Gasteiger partial charge in [0, 0.05) is 0 Å². The maximum absolute atomic E-state index is 11.7. The van der Waals surface area contributed by atoms with E-state index >= 15 is 0 Å². The van der Waals surface area contributed by atoms with Crippen LogP contribution in [0.15, 0.2) is 24.3 Å². The minimum absolute atomic E-state index is 0.0461. The van der Waals surface area contributed by atoms with Crippen LogP contribution in [-0.2, 0) is 19.1 Å². The summed E-state index contributed by atoms with van der Waals surface area (Å²) in [6.07, 6.45) is -0.0461. The Morgan fingerprint density at radius 2 is 1.67 bits per heavy atom. The van der Waals surface area contributed by atoms with E-state index in [0.717, 1.165) is 0 Å². The molecule has 1 atom stereocenters. The van der Waals surface area contributed by atoms with E-state index in [1.165, 1.54) is 14.2 Å². The minimum atomic E-state index is -0.659. The summed E-state index contributed by atoms with van der Waals surface area (Å²) in [5.74, 6) is -0.902. The van der Waals surface area contributed by atoms with E-state index in [2.05, 4.69) is 4.74 Å². The topological polar surface area (TPSA) is 61.8 Å². The number of hydrogen-bond donors (Lipinski definition) is 0. The Morgan fingerprint density at radius 1 is 1.06 bits per heavy atom. The first kappa shape index (κ1) is 14.0. The highest BCUT2D eigenvalue weighted by Gasteiger charge is 2.25. The van der Waals surface area contributed by atoms with Crippen molar-refractivity contribution in [1.29, 1.82) is 0 Å². The zero-order valence-corrected chi connectivity index (χ0v) is 10.6. The van der Waals surface area contributed by atoms with Gasteiger partial charge < -0.3 is 14.2 Å². The lowest BCUT2D eigenvalue weighted by molar-refractivity contribution is -0.149. The number of benzene rings is 1. The van der Waals surface area contributed by atoms with Gasteiger partial charge in [0.05, 0.1) is 33.7 Å². The average molecular weight is 252 g/mol. The van der Waals surface area contributed by atoms with Crippen LogP contribution in [0.3, 0.4) is 0 Å². The maximum Gasteiger partial charge on any atom is 0.313 e. The van der Waals surface area contributed by atoms with Crippen LogP contribution in [0.1, 0.15) is 17.9 Å². The molecule has 0 aliphatic heterocycles. The molecule has 0 aliphatic carbocycles. The standard InChI is InChI=1S/C13H16O5/c1-16-10-6-4-9(5-7-10)11(13(15)18-3)8-12(14)17-2/h4-7,11H,8H2,1-3H3/t11-/m1/s1. The van der Waals surface area contributed by atoms with Crippen molar-refractivity contribution in [3.8, 4) is 5.75 Å². The summed E-state index contributed by atoms with van der Waals surface area (Å²) in [4.78, 5) is 22.9. The highest BCUT2D eigenvalue weighted by Crippen LogP contribution is 2.24. The van der Waals surface area contributed by atoms with Crippen LogP contribution >= 0.6 is 0 Å². The lowest BCUT2D eigenvalue weighted by Crippen LogP contribution is -2.18. The molecular weight excluding hydrogens is 236 g/mol. The van der Waals surface area contributed by atoms with Gasteiger partial charge in [0.2, 0.25) is 0 Å². The molecule has 18 heavy (non-hydrogen) atoms. The van der Waals surface area contributed by atoms with Crippen LogP contribution in [-0.4, -0.2) is 33.3 Å². The van der Waals surface area contributed by atoms with Crippen molar-refractivity contribution in [3.05, 3.63) is 29.8 Å². The molecule has 5 nitrogen and oxygen atoms in total. The number of ether oxygens (including phenoxy) is 3. The fourth-order valence-corrected chi connectivity index (χ4v) is 1.57. The zero-order chi connectivity index (χ0) is 13.5. The van der Waals surface area contributed by atoms with Crippen molar-refractivity contribution in [3.63, 3.8) is 0 Å². The van der Waals surface area contributed by atoms with E-state index in [-0.39, 0.29) is 6.42 Å². The molecule has 0 saturated heterocycles. The van der Waals surface area contributed by atoms with Crippen molar-refractivity contribution in [2.45, 2.75) is 12.3 Å². The van der Waals surface area contributed by atoms with E-state index in [1.807, 2.05) is 0 Å². The van der Waals surface area contributed by atoms with E-state index in [0.29, 0.717) is 11.3 Å². The molecule has 0 heterocycles. The van der Waals surface area contributed by atoms with Crippen molar-refractivity contribution in [1.82, 2.24) is 0 Å². The van der Waals surface area contributed by atoms with Crippen molar-refractivity contribution in [2.24, 2.45) is 0 Å². The normalized spacial score (nSPS) is 11.5. The van der Waals surface area contributed by atoms with Crippen LogP contribution < -0.4 is 4.74 Å². The monoisotopic (exact) mass is 252 g/mol. The summed E-state index contributed by atoms with van der Waals surface area (Å²) in [5, 5.41) is 0. The Bertz CT molecular complexity index is 410. The average Bonchev–Trinajstić information content (AvgIpc) is 2.43. The molecule has 0 fully saturated rings. The van der Waals surface area contributed by atoms with Crippen molar-refractivity contribution >= 4 is 11.9 Å². The number of carbonyl (C=O) groups is 2. The number of carbonyl (C=O) groups excluding carboxylic acids is 2. The van der Waals surface area contributed by atoms with E-state index in [1.54, 1.807) is 31.4 Å². The third-order valence-corrected chi connectivity index (χ3v) is 2.60. The molecule has 1 aromatic carbocycles. The Hall–Kier alpha value is -2.04. The molecule has 1 rings (SSSR count). The molecule has 0 unspecified atom stereocenters. The first-order chi connectivity index (χ1) is 8.62. The number of rotatable bonds is 5. The first-order valence-corrected chi connectivity index (χ1v) is 5.41. The molecule has 0 bridgehead atoms. The lowest BCUT2D eigenvalue weighted by atomic mass is 9.96. The molecule has 0 aliphatic rings. The Balaban J connectivity index is 2.93. The second-order valence-electron chi connectivity index (χ2n) is 3.63. The minimum Gasteiger partial charge on any atom is -0.497 e. The molecule has 0 saturated carbocycles. The van der Waals surface area contributed by atoms with Gasteiger partial charge in [-0.15, -0.1) is 0 Å². The molecule has 1 aromatic rings. The van der Waals surface area contributed by atoms with Crippen LogP contribution in [0.2, 0.25) is 0 Å². The molecule has 0 radical (unpaired) electrons. The SMILES string of the molecule is COC(=O)C[C@@H](C(=O)OC)c1ccc(OC)cc1. The van der Waals surface area contributed by atoms with Gasteiger partial charge in [0.15, 0.2) is 0 Å². The number of hydrogen-bond acceptors (Lipinski definition) is 5. The van der Waals surface area contributed by atoms with Crippen LogP contribution in [0.25, 0.3) is 0 Å². The Labute approximate surface area is 106 Å². The summed E-state index contributed by atoms with van der Waals surface area (Å²) >= 11 is 0. The largest absolute Gasteiger partial charge is 0.497 e. The van der Waals surface area contributed by atoms with Gasteiger partial charge in [-0.1, -0.05) is 12.1 Å². The van der Waals surface area contributed by atoms with Gasteiger partial charge in [-0.05, 0) is 17.7 Å². The highest BCUT2D eigenvalue weighted by atomic mass is 16.5. The third kappa shape index (κ3) is 3.48. The maximum atomic E-state index is 11.7. The van der Waals surface area contributed by atoms with E-state index in [9.17, 15) is 9.59 Å².